The van der Waals surface area contributed by atoms with Gasteiger partial charge in [-0.15, -0.1) is 10.2 Å². The lowest BCUT2D eigenvalue weighted by Crippen LogP contribution is -2.04. The summed E-state index contributed by atoms with van der Waals surface area (Å²) in [5.41, 5.74) is 2.74. The molecule has 3 heterocycles. The van der Waals surface area contributed by atoms with E-state index >= 15 is 0 Å². The fourth-order valence-electron chi connectivity index (χ4n) is 2.29. The summed E-state index contributed by atoms with van der Waals surface area (Å²) in [4.78, 5) is 4.43. The standard InChI is InChI=1S/C15H12FN5S/c1-9-2-5-13-19-20-14(21(13)8-9)7-17-15-18-11-4-3-10(16)6-12(11)22-15/h2-6,8H,7H2,1H3,(H,17,18). The summed E-state index contributed by atoms with van der Waals surface area (Å²) in [5.74, 6) is 0.561. The van der Waals surface area contributed by atoms with Gasteiger partial charge in [0.2, 0.25) is 0 Å². The van der Waals surface area contributed by atoms with Crippen LogP contribution in [0.5, 0.6) is 0 Å². The van der Waals surface area contributed by atoms with Crippen molar-refractivity contribution < 1.29 is 4.39 Å². The predicted octanol–water partition coefficient (Wildman–Crippen LogP) is 3.40. The molecule has 0 saturated heterocycles. The maximum Gasteiger partial charge on any atom is 0.184 e. The molecule has 0 spiro atoms. The molecule has 0 amide bonds. The van der Waals surface area contributed by atoms with Crippen LogP contribution in [0.2, 0.25) is 0 Å². The number of hydrogen-bond acceptors (Lipinski definition) is 5. The monoisotopic (exact) mass is 313 g/mol. The Hall–Kier alpha value is -2.54. The van der Waals surface area contributed by atoms with Crippen molar-refractivity contribution in [1.29, 1.82) is 0 Å². The molecule has 0 aliphatic carbocycles. The molecule has 0 aliphatic heterocycles. The Labute approximate surface area is 129 Å². The van der Waals surface area contributed by atoms with Gasteiger partial charge in [0.1, 0.15) is 5.82 Å². The fourth-order valence-corrected chi connectivity index (χ4v) is 3.18. The maximum absolute atomic E-state index is 13.2. The van der Waals surface area contributed by atoms with Crippen LogP contribution < -0.4 is 5.32 Å². The van der Waals surface area contributed by atoms with Gasteiger partial charge in [-0.1, -0.05) is 17.4 Å². The summed E-state index contributed by atoms with van der Waals surface area (Å²) in [7, 11) is 0. The van der Waals surface area contributed by atoms with E-state index in [2.05, 4.69) is 20.5 Å². The molecule has 0 saturated carbocycles. The molecule has 0 atom stereocenters. The number of hydrogen-bond donors (Lipinski definition) is 1. The van der Waals surface area contributed by atoms with E-state index in [1.165, 1.54) is 23.5 Å². The summed E-state index contributed by atoms with van der Waals surface area (Å²) >= 11 is 1.42. The molecule has 4 aromatic rings. The average molecular weight is 313 g/mol. The molecule has 0 aliphatic rings. The summed E-state index contributed by atoms with van der Waals surface area (Å²) in [6, 6.07) is 8.53. The molecule has 0 unspecified atom stereocenters. The van der Waals surface area contributed by atoms with E-state index < -0.39 is 0 Å². The zero-order valence-electron chi connectivity index (χ0n) is 11.7. The number of pyridine rings is 1. The summed E-state index contributed by atoms with van der Waals surface area (Å²) < 4.78 is 16.0. The third kappa shape index (κ3) is 2.29. The number of halogens is 1. The van der Waals surface area contributed by atoms with E-state index in [4.69, 9.17) is 0 Å². The zero-order chi connectivity index (χ0) is 15.1. The van der Waals surface area contributed by atoms with Gasteiger partial charge in [0.15, 0.2) is 16.6 Å². The number of fused-ring (bicyclic) bond motifs is 2. The highest BCUT2D eigenvalue weighted by atomic mass is 32.1. The van der Waals surface area contributed by atoms with Crippen LogP contribution >= 0.6 is 11.3 Å². The van der Waals surface area contributed by atoms with Crippen molar-refractivity contribution in [1.82, 2.24) is 19.6 Å². The number of rotatable bonds is 3. The average Bonchev–Trinajstić information content (AvgIpc) is 3.07. The number of aromatic nitrogens is 4. The van der Waals surface area contributed by atoms with E-state index in [9.17, 15) is 4.39 Å². The van der Waals surface area contributed by atoms with Gasteiger partial charge in [-0.3, -0.25) is 4.40 Å². The van der Waals surface area contributed by atoms with E-state index in [0.29, 0.717) is 6.54 Å². The third-order valence-electron chi connectivity index (χ3n) is 3.37. The van der Waals surface area contributed by atoms with Crippen LogP contribution in [-0.4, -0.2) is 19.6 Å². The van der Waals surface area contributed by atoms with Crippen molar-refractivity contribution in [2.45, 2.75) is 13.5 Å². The van der Waals surface area contributed by atoms with E-state index in [-0.39, 0.29) is 5.82 Å². The van der Waals surface area contributed by atoms with Crippen LogP contribution in [0.3, 0.4) is 0 Å². The first-order valence-corrected chi connectivity index (χ1v) is 7.61. The normalized spacial score (nSPS) is 11.4. The second-order valence-corrected chi connectivity index (χ2v) is 6.07. The minimum atomic E-state index is -0.248. The quantitative estimate of drug-likeness (QED) is 0.630. The van der Waals surface area contributed by atoms with Crippen molar-refractivity contribution >= 4 is 32.3 Å². The first-order chi connectivity index (χ1) is 10.7. The first-order valence-electron chi connectivity index (χ1n) is 6.79. The molecule has 1 aromatic carbocycles. The number of nitrogens with zero attached hydrogens (tertiary/aromatic N) is 4. The van der Waals surface area contributed by atoms with Crippen molar-refractivity contribution in [3.63, 3.8) is 0 Å². The molecular weight excluding hydrogens is 301 g/mol. The van der Waals surface area contributed by atoms with Gasteiger partial charge >= 0.3 is 0 Å². The molecule has 0 fully saturated rings. The third-order valence-corrected chi connectivity index (χ3v) is 4.34. The van der Waals surface area contributed by atoms with Gasteiger partial charge in [0.25, 0.3) is 0 Å². The number of nitrogens with one attached hydrogen (secondary N) is 1. The molecule has 0 radical (unpaired) electrons. The van der Waals surface area contributed by atoms with Gasteiger partial charge in [0.05, 0.1) is 16.8 Å². The van der Waals surface area contributed by atoms with Crippen LogP contribution in [0, 0.1) is 12.7 Å². The number of anilines is 1. The molecule has 7 heteroatoms. The second-order valence-electron chi connectivity index (χ2n) is 5.04. The molecule has 0 bridgehead atoms. The van der Waals surface area contributed by atoms with Gasteiger partial charge < -0.3 is 5.32 Å². The molecule has 5 nitrogen and oxygen atoms in total. The Morgan fingerprint density at radius 3 is 3.05 bits per heavy atom. The Bertz CT molecular complexity index is 975. The minimum Gasteiger partial charge on any atom is -0.354 e. The Kier molecular flexibility index (Phi) is 3.00. The van der Waals surface area contributed by atoms with Gasteiger partial charge in [-0.2, -0.15) is 0 Å². The largest absolute Gasteiger partial charge is 0.354 e. The van der Waals surface area contributed by atoms with Gasteiger partial charge in [-0.05, 0) is 36.8 Å². The van der Waals surface area contributed by atoms with Crippen LogP contribution in [0.25, 0.3) is 15.9 Å². The topological polar surface area (TPSA) is 55.1 Å². The number of aryl methyl sites for hydroxylation is 1. The van der Waals surface area contributed by atoms with Crippen molar-refractivity contribution in [2.24, 2.45) is 0 Å². The van der Waals surface area contributed by atoms with Crippen LogP contribution in [0.4, 0.5) is 9.52 Å². The van der Waals surface area contributed by atoms with Crippen LogP contribution in [-0.2, 0) is 6.54 Å². The zero-order valence-corrected chi connectivity index (χ0v) is 12.6. The van der Waals surface area contributed by atoms with E-state index in [1.807, 2.05) is 29.7 Å². The second kappa shape index (κ2) is 5.03. The summed E-state index contributed by atoms with van der Waals surface area (Å²) in [5, 5.41) is 12.3. The van der Waals surface area contributed by atoms with Gasteiger partial charge in [-0.25, -0.2) is 9.37 Å². The predicted molar refractivity (Wildman–Crippen MR) is 84.6 cm³/mol. The van der Waals surface area contributed by atoms with Gasteiger partial charge in [0, 0.05) is 6.20 Å². The number of benzene rings is 1. The smallest absolute Gasteiger partial charge is 0.184 e. The fraction of sp³-hybridized carbons (Fsp3) is 0.133. The molecular formula is C15H12FN5S. The lowest BCUT2D eigenvalue weighted by molar-refractivity contribution is 0.630. The molecule has 4 rings (SSSR count). The SMILES string of the molecule is Cc1ccc2nnc(CNc3nc4ccc(F)cc4s3)n2c1. The molecule has 110 valence electrons. The number of thiazole rings is 1. The van der Waals surface area contributed by atoms with Crippen LogP contribution in [0.1, 0.15) is 11.4 Å². The van der Waals surface area contributed by atoms with Crippen molar-refractivity contribution in [2.75, 3.05) is 5.32 Å². The Balaban J connectivity index is 1.61. The highest BCUT2D eigenvalue weighted by Crippen LogP contribution is 2.26. The van der Waals surface area contributed by atoms with E-state index in [1.54, 1.807) is 6.07 Å². The highest BCUT2D eigenvalue weighted by molar-refractivity contribution is 7.22. The lowest BCUT2D eigenvalue weighted by atomic mass is 10.3. The molecule has 22 heavy (non-hydrogen) atoms. The van der Waals surface area contributed by atoms with E-state index in [0.717, 1.165) is 32.4 Å². The van der Waals surface area contributed by atoms with Crippen molar-refractivity contribution in [3.8, 4) is 0 Å². The molecule has 3 aromatic heterocycles. The highest BCUT2D eigenvalue weighted by Gasteiger charge is 2.08. The lowest BCUT2D eigenvalue weighted by Gasteiger charge is -2.02. The first kappa shape index (κ1) is 13.1. The maximum atomic E-state index is 13.2. The Morgan fingerprint density at radius 1 is 1.23 bits per heavy atom. The summed E-state index contributed by atoms with van der Waals surface area (Å²) in [6.45, 7) is 2.53. The Morgan fingerprint density at radius 2 is 2.14 bits per heavy atom. The molecule has 1 N–H and O–H groups in total. The van der Waals surface area contributed by atoms with Crippen LogP contribution in [0.15, 0.2) is 36.5 Å². The summed E-state index contributed by atoms with van der Waals surface area (Å²) in [6.07, 6.45) is 2.00. The minimum absolute atomic E-state index is 0.248. The van der Waals surface area contributed by atoms with Crippen molar-refractivity contribution in [3.05, 3.63) is 53.7 Å².